The molecule has 2 aliphatic rings. The van der Waals surface area contributed by atoms with Crippen molar-refractivity contribution in [2.24, 2.45) is 0 Å². The first-order valence-corrected chi connectivity index (χ1v) is 13.9. The maximum Gasteiger partial charge on any atom is 0.197 e. The number of amidine groups is 1. The summed E-state index contributed by atoms with van der Waals surface area (Å²) in [7, 11) is 0. The van der Waals surface area contributed by atoms with Crippen molar-refractivity contribution in [1.82, 2.24) is 4.90 Å². The Morgan fingerprint density at radius 3 is 1.92 bits per heavy atom. The van der Waals surface area contributed by atoms with Gasteiger partial charge in [0.1, 0.15) is 5.84 Å². The molecule has 208 valence electrons. The van der Waals surface area contributed by atoms with Crippen LogP contribution in [0.15, 0.2) is 24.3 Å². The normalized spacial score (nSPS) is 15.7. The monoisotopic (exact) mass is 524 g/mol. The number of rotatable bonds is 7. The molecule has 0 amide bonds. The summed E-state index contributed by atoms with van der Waals surface area (Å²) in [5.41, 5.74) is 3.04. The molecule has 5 nitrogen and oxygen atoms in total. The molecule has 38 heavy (non-hydrogen) atoms. The SMILES string of the molecule is CC.CCOc1cc2c(c(F)c1OCC)C(=N)N(CC(=O)c1cc(C(C)(C)C)cc(C(C)(C)C)c1)C21CC1. The lowest BCUT2D eigenvalue weighted by Gasteiger charge is -2.28. The van der Waals surface area contributed by atoms with Crippen LogP contribution in [-0.4, -0.2) is 36.3 Å². The van der Waals surface area contributed by atoms with Gasteiger partial charge in [0, 0.05) is 5.56 Å². The smallest absolute Gasteiger partial charge is 0.197 e. The molecule has 0 atom stereocenters. The lowest BCUT2D eigenvalue weighted by Crippen LogP contribution is -2.38. The van der Waals surface area contributed by atoms with E-state index in [-0.39, 0.29) is 46.9 Å². The zero-order chi connectivity index (χ0) is 28.6. The van der Waals surface area contributed by atoms with E-state index in [9.17, 15) is 4.79 Å². The van der Waals surface area contributed by atoms with Crippen LogP contribution in [-0.2, 0) is 16.4 Å². The van der Waals surface area contributed by atoms with Gasteiger partial charge in [-0.3, -0.25) is 10.2 Å². The van der Waals surface area contributed by atoms with Crippen LogP contribution in [0.25, 0.3) is 0 Å². The van der Waals surface area contributed by atoms with Crippen molar-refractivity contribution < 1.29 is 18.7 Å². The molecular formula is C32H45FN2O3. The van der Waals surface area contributed by atoms with Gasteiger partial charge in [-0.1, -0.05) is 61.5 Å². The van der Waals surface area contributed by atoms with E-state index in [0.29, 0.717) is 17.9 Å². The lowest BCUT2D eigenvalue weighted by atomic mass is 9.79. The minimum absolute atomic E-state index is 0.0259. The molecule has 1 aliphatic heterocycles. The number of carbonyl (C=O) groups excluding carboxylic acids is 1. The Morgan fingerprint density at radius 2 is 1.47 bits per heavy atom. The van der Waals surface area contributed by atoms with Gasteiger partial charge in [-0.25, -0.2) is 4.39 Å². The highest BCUT2D eigenvalue weighted by atomic mass is 19.1. The van der Waals surface area contributed by atoms with Crippen molar-refractivity contribution >= 4 is 11.6 Å². The molecule has 0 unspecified atom stereocenters. The predicted molar refractivity (Wildman–Crippen MR) is 153 cm³/mol. The summed E-state index contributed by atoms with van der Waals surface area (Å²) >= 11 is 0. The van der Waals surface area contributed by atoms with Crippen LogP contribution < -0.4 is 9.47 Å². The fraction of sp³-hybridized carbons (Fsp3) is 0.562. The molecule has 2 aromatic carbocycles. The Balaban J connectivity index is 0.00000195. The first-order valence-electron chi connectivity index (χ1n) is 13.9. The zero-order valence-electron chi connectivity index (χ0n) is 24.9. The number of hydrogen-bond acceptors (Lipinski definition) is 4. The van der Waals surface area contributed by atoms with Crippen molar-refractivity contribution in [3.63, 3.8) is 0 Å². The van der Waals surface area contributed by atoms with Gasteiger partial charge in [0.25, 0.3) is 0 Å². The van der Waals surface area contributed by atoms with Crippen LogP contribution in [0.4, 0.5) is 4.39 Å². The van der Waals surface area contributed by atoms with E-state index >= 15 is 4.39 Å². The minimum Gasteiger partial charge on any atom is -0.490 e. The third-order valence-corrected chi connectivity index (χ3v) is 7.31. The number of carbonyl (C=O) groups is 1. The van der Waals surface area contributed by atoms with E-state index in [1.807, 2.05) is 39.0 Å². The van der Waals surface area contributed by atoms with Crippen molar-refractivity contribution in [1.29, 1.82) is 5.41 Å². The number of ether oxygens (including phenoxy) is 2. The zero-order valence-corrected chi connectivity index (χ0v) is 24.9. The van der Waals surface area contributed by atoms with E-state index in [1.54, 1.807) is 11.8 Å². The van der Waals surface area contributed by atoms with Gasteiger partial charge in [0.05, 0.1) is 30.9 Å². The van der Waals surface area contributed by atoms with E-state index in [2.05, 4.69) is 47.6 Å². The molecule has 1 spiro atoms. The van der Waals surface area contributed by atoms with Crippen LogP contribution in [0, 0.1) is 11.2 Å². The molecule has 1 fully saturated rings. The third kappa shape index (κ3) is 5.32. The Hall–Kier alpha value is -2.89. The number of Topliss-reactive ketones (excluding diaryl/α,β-unsaturated/α-hetero) is 1. The Bertz CT molecular complexity index is 1180. The van der Waals surface area contributed by atoms with E-state index in [1.165, 1.54) is 0 Å². The molecular weight excluding hydrogens is 479 g/mol. The van der Waals surface area contributed by atoms with Gasteiger partial charge in [-0.2, -0.15) is 0 Å². The number of ketones is 1. The fourth-order valence-electron chi connectivity index (χ4n) is 5.02. The van der Waals surface area contributed by atoms with Gasteiger partial charge >= 0.3 is 0 Å². The molecule has 0 saturated heterocycles. The van der Waals surface area contributed by atoms with Crippen molar-refractivity contribution in [2.45, 2.75) is 98.4 Å². The molecule has 0 radical (unpaired) electrons. The summed E-state index contributed by atoms with van der Waals surface area (Å²) < 4.78 is 27.0. The maximum atomic E-state index is 15.7. The van der Waals surface area contributed by atoms with Crippen LogP contribution >= 0.6 is 0 Å². The Kier molecular flexibility index (Phi) is 8.35. The topological polar surface area (TPSA) is 62.6 Å². The van der Waals surface area contributed by atoms with Crippen molar-refractivity contribution in [3.8, 4) is 11.5 Å². The van der Waals surface area contributed by atoms with Crippen molar-refractivity contribution in [3.05, 3.63) is 57.9 Å². The molecule has 0 aromatic heterocycles. The quantitative estimate of drug-likeness (QED) is 0.376. The highest BCUT2D eigenvalue weighted by molar-refractivity contribution is 6.07. The minimum atomic E-state index is -0.575. The molecule has 6 heteroatoms. The van der Waals surface area contributed by atoms with Crippen LogP contribution in [0.1, 0.15) is 115 Å². The van der Waals surface area contributed by atoms with Crippen molar-refractivity contribution in [2.75, 3.05) is 19.8 Å². The number of nitrogens with zero attached hydrogens (tertiary/aromatic N) is 1. The summed E-state index contributed by atoms with van der Waals surface area (Å²) in [5, 5.41) is 8.90. The van der Waals surface area contributed by atoms with Gasteiger partial charge in [-0.05, 0) is 72.4 Å². The number of hydrogen-bond donors (Lipinski definition) is 1. The number of fused-ring (bicyclic) bond motifs is 2. The Labute approximate surface area is 228 Å². The number of benzene rings is 2. The van der Waals surface area contributed by atoms with Crippen LogP contribution in [0.2, 0.25) is 0 Å². The summed E-state index contributed by atoms with van der Waals surface area (Å²) in [6.07, 6.45) is 1.54. The van der Waals surface area contributed by atoms with Gasteiger partial charge in [0.2, 0.25) is 0 Å². The van der Waals surface area contributed by atoms with E-state index in [4.69, 9.17) is 14.9 Å². The lowest BCUT2D eigenvalue weighted by molar-refractivity contribution is 0.0943. The molecule has 4 rings (SSSR count). The maximum absolute atomic E-state index is 15.7. The predicted octanol–water partition coefficient (Wildman–Crippen LogP) is 7.76. The second-order valence-corrected chi connectivity index (χ2v) is 12.0. The third-order valence-electron chi connectivity index (χ3n) is 7.31. The molecule has 1 N–H and O–H groups in total. The summed E-state index contributed by atoms with van der Waals surface area (Å²) in [5.74, 6) is -0.199. The largest absolute Gasteiger partial charge is 0.490 e. The molecule has 1 saturated carbocycles. The van der Waals surface area contributed by atoms with Gasteiger partial charge in [-0.15, -0.1) is 0 Å². The Morgan fingerprint density at radius 1 is 0.947 bits per heavy atom. The molecule has 1 heterocycles. The van der Waals surface area contributed by atoms with E-state index in [0.717, 1.165) is 29.5 Å². The first-order chi connectivity index (χ1) is 17.7. The number of halogens is 1. The highest BCUT2D eigenvalue weighted by Gasteiger charge is 2.58. The second-order valence-electron chi connectivity index (χ2n) is 12.0. The summed E-state index contributed by atoms with van der Waals surface area (Å²) in [6, 6.07) is 7.96. The van der Waals surface area contributed by atoms with Gasteiger partial charge < -0.3 is 14.4 Å². The van der Waals surface area contributed by atoms with E-state index < -0.39 is 11.4 Å². The average molecular weight is 525 g/mol. The highest BCUT2D eigenvalue weighted by Crippen LogP contribution is 2.58. The molecule has 0 bridgehead atoms. The first kappa shape index (κ1) is 29.7. The van der Waals surface area contributed by atoms with Crippen LogP contribution in [0.5, 0.6) is 11.5 Å². The fourth-order valence-corrected chi connectivity index (χ4v) is 5.02. The summed E-state index contributed by atoms with van der Waals surface area (Å²) in [6.45, 7) is 21.2. The number of nitrogens with one attached hydrogen (secondary N) is 1. The standard InChI is InChI=1S/C30H39FN2O3.C2H6/c1-9-35-23-16-21-24(25(31)26(23)36-10-2)27(32)33(30(21)11-12-30)17-22(34)18-13-19(28(3,4)5)15-20(14-18)29(6,7)8;1-2/h13-16,32H,9-12,17H2,1-8H3;1-2H3. The molecule has 1 aliphatic carbocycles. The summed E-state index contributed by atoms with van der Waals surface area (Å²) in [4.78, 5) is 15.5. The second kappa shape index (κ2) is 10.7. The van der Waals surface area contributed by atoms with Gasteiger partial charge in [0.15, 0.2) is 23.1 Å². The van der Waals surface area contributed by atoms with Crippen LogP contribution in [0.3, 0.4) is 0 Å². The average Bonchev–Trinajstić information content (AvgIpc) is 3.62. The molecule has 2 aromatic rings.